The summed E-state index contributed by atoms with van der Waals surface area (Å²) in [5.74, 6) is 0.700. The van der Waals surface area contributed by atoms with Crippen LogP contribution in [0.25, 0.3) is 11.1 Å². The molecule has 1 heterocycles. The molecule has 0 radical (unpaired) electrons. The van der Waals surface area contributed by atoms with E-state index in [-0.39, 0.29) is 6.42 Å². The van der Waals surface area contributed by atoms with Crippen LogP contribution < -0.4 is 14.2 Å². The van der Waals surface area contributed by atoms with Crippen molar-refractivity contribution in [1.82, 2.24) is 9.97 Å². The third-order valence-electron chi connectivity index (χ3n) is 3.74. The lowest BCUT2D eigenvalue weighted by Gasteiger charge is -2.11. The zero-order valence-corrected chi connectivity index (χ0v) is 14.9. The van der Waals surface area contributed by atoms with Gasteiger partial charge < -0.3 is 19.3 Å². The van der Waals surface area contributed by atoms with E-state index in [9.17, 15) is 4.79 Å². The normalized spacial score (nSPS) is 10.3. The Balaban J connectivity index is 1.86. The van der Waals surface area contributed by atoms with Gasteiger partial charge in [0.15, 0.2) is 0 Å². The molecule has 7 heteroatoms. The molecular weight excluding hydrogens is 348 g/mol. The molecule has 1 N–H and O–H groups in total. The lowest BCUT2D eigenvalue weighted by Crippen LogP contribution is -2.00. The van der Waals surface area contributed by atoms with Crippen LogP contribution >= 0.6 is 0 Å². The van der Waals surface area contributed by atoms with E-state index in [4.69, 9.17) is 19.3 Å². The van der Waals surface area contributed by atoms with Gasteiger partial charge in [0.25, 0.3) is 0 Å². The highest BCUT2D eigenvalue weighted by atomic mass is 16.5. The van der Waals surface area contributed by atoms with Crippen LogP contribution in [0.5, 0.6) is 23.3 Å². The first-order valence-corrected chi connectivity index (χ1v) is 8.11. The van der Waals surface area contributed by atoms with E-state index in [0.29, 0.717) is 28.8 Å². The molecule has 0 aliphatic carbocycles. The van der Waals surface area contributed by atoms with Gasteiger partial charge in [0, 0.05) is 24.0 Å². The van der Waals surface area contributed by atoms with Crippen molar-refractivity contribution in [1.29, 1.82) is 0 Å². The molecule has 1 aromatic heterocycles. The number of aliphatic carboxylic acids is 1. The van der Waals surface area contributed by atoms with Crippen molar-refractivity contribution < 1.29 is 24.1 Å². The van der Waals surface area contributed by atoms with E-state index >= 15 is 0 Å². The van der Waals surface area contributed by atoms with Crippen LogP contribution in [0.1, 0.15) is 5.56 Å². The predicted molar refractivity (Wildman–Crippen MR) is 98.4 cm³/mol. The van der Waals surface area contributed by atoms with Crippen molar-refractivity contribution in [2.75, 3.05) is 14.2 Å². The lowest BCUT2D eigenvalue weighted by molar-refractivity contribution is -0.136. The highest BCUT2D eigenvalue weighted by Gasteiger charge is 2.08. The molecule has 0 unspecified atom stereocenters. The summed E-state index contributed by atoms with van der Waals surface area (Å²) >= 11 is 0. The van der Waals surface area contributed by atoms with Gasteiger partial charge in [0.05, 0.1) is 20.6 Å². The monoisotopic (exact) mass is 366 g/mol. The average Bonchev–Trinajstić information content (AvgIpc) is 2.67. The summed E-state index contributed by atoms with van der Waals surface area (Å²) in [6.45, 7) is 0. The number of hydrogen-bond donors (Lipinski definition) is 1. The number of carboxylic acid groups (broad SMARTS) is 1. The molecule has 3 rings (SSSR count). The van der Waals surface area contributed by atoms with E-state index in [1.54, 1.807) is 30.6 Å². The van der Waals surface area contributed by atoms with Gasteiger partial charge in [-0.1, -0.05) is 12.1 Å². The molecule has 0 saturated carbocycles. The zero-order chi connectivity index (χ0) is 19.2. The van der Waals surface area contributed by atoms with Crippen LogP contribution in [-0.4, -0.2) is 35.3 Å². The Bertz CT molecular complexity index is 941. The number of nitrogens with zero attached hydrogens (tertiary/aromatic N) is 2. The smallest absolute Gasteiger partial charge is 0.316 e. The lowest BCUT2D eigenvalue weighted by atomic mass is 10.1. The third kappa shape index (κ3) is 4.72. The molecule has 3 aromatic rings. The van der Waals surface area contributed by atoms with E-state index in [0.717, 1.165) is 11.1 Å². The minimum atomic E-state index is -0.921. The van der Waals surface area contributed by atoms with Crippen molar-refractivity contribution in [3.63, 3.8) is 0 Å². The van der Waals surface area contributed by atoms with Gasteiger partial charge in [-0.2, -0.15) is 0 Å². The summed E-state index contributed by atoms with van der Waals surface area (Å²) in [6, 6.07) is 12.8. The standard InChI is InChI=1S/C20H18N2O5/c1-25-17-6-13(8-19(23)24)7-18(10-17)27-16-5-3-4-14(9-16)15-11-21-20(26-2)22-12-15/h3-7,9-12H,8H2,1-2H3,(H,23,24). The summed E-state index contributed by atoms with van der Waals surface area (Å²) in [7, 11) is 3.03. The summed E-state index contributed by atoms with van der Waals surface area (Å²) in [5.41, 5.74) is 2.29. The molecule has 0 amide bonds. The molecule has 0 atom stereocenters. The van der Waals surface area contributed by atoms with E-state index in [1.165, 1.54) is 14.2 Å². The molecule has 138 valence electrons. The van der Waals surface area contributed by atoms with Crippen molar-refractivity contribution in [3.8, 4) is 34.4 Å². The Morgan fingerprint density at radius 3 is 2.33 bits per heavy atom. The van der Waals surface area contributed by atoms with Crippen LogP contribution in [0.15, 0.2) is 54.9 Å². The predicted octanol–water partition coefficient (Wildman–Crippen LogP) is 3.58. The third-order valence-corrected chi connectivity index (χ3v) is 3.74. The first kappa shape index (κ1) is 18.2. The molecule has 0 fully saturated rings. The van der Waals surface area contributed by atoms with Crippen LogP contribution in [0.3, 0.4) is 0 Å². The second-order valence-electron chi connectivity index (χ2n) is 5.68. The Hall–Kier alpha value is -3.61. The molecule has 0 saturated heterocycles. The molecule has 0 aliphatic heterocycles. The largest absolute Gasteiger partial charge is 0.497 e. The minimum absolute atomic E-state index is 0.114. The van der Waals surface area contributed by atoms with Crippen LogP contribution in [0.4, 0.5) is 0 Å². The highest BCUT2D eigenvalue weighted by Crippen LogP contribution is 2.30. The number of carboxylic acids is 1. The second-order valence-corrected chi connectivity index (χ2v) is 5.68. The van der Waals surface area contributed by atoms with Crippen molar-refractivity contribution in [3.05, 3.63) is 60.4 Å². The van der Waals surface area contributed by atoms with Gasteiger partial charge in [-0.25, -0.2) is 9.97 Å². The van der Waals surface area contributed by atoms with Gasteiger partial charge in [0.1, 0.15) is 17.2 Å². The Labute approximate surface area is 156 Å². The number of rotatable bonds is 7. The summed E-state index contributed by atoms with van der Waals surface area (Å²) in [4.78, 5) is 19.2. The van der Waals surface area contributed by atoms with Crippen molar-refractivity contribution in [2.24, 2.45) is 0 Å². The van der Waals surface area contributed by atoms with Crippen molar-refractivity contribution >= 4 is 5.97 Å². The quantitative estimate of drug-likeness (QED) is 0.683. The molecule has 0 bridgehead atoms. The number of benzene rings is 2. The van der Waals surface area contributed by atoms with Crippen molar-refractivity contribution in [2.45, 2.75) is 6.42 Å². The Morgan fingerprint density at radius 2 is 1.67 bits per heavy atom. The topological polar surface area (TPSA) is 90.8 Å². The van der Waals surface area contributed by atoms with Gasteiger partial charge in [-0.3, -0.25) is 4.79 Å². The second kappa shape index (κ2) is 8.18. The number of methoxy groups -OCH3 is 2. The zero-order valence-electron chi connectivity index (χ0n) is 14.9. The number of hydrogen-bond acceptors (Lipinski definition) is 6. The fourth-order valence-corrected chi connectivity index (χ4v) is 2.53. The van der Waals surface area contributed by atoms with E-state index < -0.39 is 5.97 Å². The minimum Gasteiger partial charge on any atom is -0.497 e. The number of aromatic nitrogens is 2. The molecule has 0 spiro atoms. The molecule has 0 aliphatic rings. The summed E-state index contributed by atoms with van der Waals surface area (Å²) in [6.07, 6.45) is 3.22. The van der Waals surface area contributed by atoms with Gasteiger partial charge in [-0.05, 0) is 35.4 Å². The Kier molecular flexibility index (Phi) is 5.51. The molecular formula is C20H18N2O5. The maximum atomic E-state index is 11.0. The van der Waals surface area contributed by atoms with Gasteiger partial charge in [-0.15, -0.1) is 0 Å². The summed E-state index contributed by atoms with van der Waals surface area (Å²) in [5, 5.41) is 9.01. The molecule has 7 nitrogen and oxygen atoms in total. The SMILES string of the molecule is COc1cc(CC(=O)O)cc(Oc2cccc(-c3cnc(OC)nc3)c2)c1. The molecule has 2 aromatic carbocycles. The first-order valence-electron chi connectivity index (χ1n) is 8.11. The average molecular weight is 366 g/mol. The van der Waals surface area contributed by atoms with Crippen LogP contribution in [-0.2, 0) is 11.2 Å². The fourth-order valence-electron chi connectivity index (χ4n) is 2.53. The Morgan fingerprint density at radius 1 is 0.926 bits per heavy atom. The number of carbonyl (C=O) groups is 1. The molecule has 27 heavy (non-hydrogen) atoms. The van der Waals surface area contributed by atoms with Gasteiger partial charge >= 0.3 is 12.0 Å². The highest BCUT2D eigenvalue weighted by molar-refractivity contribution is 5.70. The summed E-state index contributed by atoms with van der Waals surface area (Å²) < 4.78 is 16.1. The van der Waals surface area contributed by atoms with E-state index in [1.807, 2.05) is 24.3 Å². The maximum absolute atomic E-state index is 11.0. The first-order chi connectivity index (χ1) is 13.1. The fraction of sp³-hybridized carbons (Fsp3) is 0.150. The van der Waals surface area contributed by atoms with E-state index in [2.05, 4.69) is 9.97 Å². The maximum Gasteiger partial charge on any atom is 0.316 e. The van der Waals surface area contributed by atoms with Gasteiger partial charge in [0.2, 0.25) is 0 Å². The van der Waals surface area contributed by atoms with Crippen LogP contribution in [0, 0.1) is 0 Å². The van der Waals surface area contributed by atoms with Crippen LogP contribution in [0.2, 0.25) is 0 Å². The number of ether oxygens (including phenoxy) is 3.